The van der Waals surface area contributed by atoms with Gasteiger partial charge >= 0.3 is 10.3 Å². The molecule has 0 atom stereocenters. The summed E-state index contributed by atoms with van der Waals surface area (Å²) in [6.07, 6.45) is 2.35. The van der Waals surface area contributed by atoms with E-state index in [2.05, 4.69) is 4.18 Å². The first kappa shape index (κ1) is 10.6. The molecule has 0 bridgehead atoms. The van der Waals surface area contributed by atoms with Crippen molar-refractivity contribution in [3.8, 4) is 0 Å². The van der Waals surface area contributed by atoms with Crippen LogP contribution in [0.5, 0.6) is 0 Å². The highest BCUT2D eigenvalue weighted by Crippen LogP contribution is 2.41. The number of rotatable bonds is 4. The highest BCUT2D eigenvalue weighted by Gasteiger charge is 2.25. The van der Waals surface area contributed by atoms with Gasteiger partial charge in [-0.05, 0) is 29.9 Å². The monoisotopic (exact) mass is 227 g/mol. The molecule has 1 fully saturated rings. The average molecular weight is 227 g/mol. The second-order valence-electron chi connectivity index (χ2n) is 3.73. The van der Waals surface area contributed by atoms with E-state index in [9.17, 15) is 8.42 Å². The van der Waals surface area contributed by atoms with Crippen LogP contribution in [0.25, 0.3) is 0 Å². The molecule has 0 amide bonds. The van der Waals surface area contributed by atoms with E-state index in [0.29, 0.717) is 5.92 Å². The van der Waals surface area contributed by atoms with Gasteiger partial charge in [-0.1, -0.05) is 24.3 Å². The number of nitrogens with two attached hydrogens (primary N) is 1. The lowest BCUT2D eigenvalue weighted by atomic mass is 10.0. The highest BCUT2D eigenvalue weighted by atomic mass is 32.2. The van der Waals surface area contributed by atoms with Crippen molar-refractivity contribution in [3.63, 3.8) is 0 Å². The molecule has 0 unspecified atom stereocenters. The normalized spacial score (nSPS) is 16.6. The third kappa shape index (κ3) is 3.02. The number of hydrogen-bond acceptors (Lipinski definition) is 3. The van der Waals surface area contributed by atoms with Gasteiger partial charge in [0.25, 0.3) is 0 Å². The van der Waals surface area contributed by atoms with Crippen LogP contribution in [0.4, 0.5) is 0 Å². The lowest BCUT2D eigenvalue weighted by Crippen LogP contribution is -2.15. The summed E-state index contributed by atoms with van der Waals surface area (Å²) in [5.41, 5.74) is 2.09. The van der Waals surface area contributed by atoms with Crippen molar-refractivity contribution in [1.82, 2.24) is 0 Å². The van der Waals surface area contributed by atoms with Gasteiger partial charge in [-0.3, -0.25) is 4.18 Å². The minimum atomic E-state index is -3.84. The summed E-state index contributed by atoms with van der Waals surface area (Å²) >= 11 is 0. The third-order valence-electron chi connectivity index (χ3n) is 2.45. The molecule has 0 aromatic heterocycles. The van der Waals surface area contributed by atoms with Gasteiger partial charge in [0.1, 0.15) is 0 Å². The number of benzene rings is 1. The van der Waals surface area contributed by atoms with Gasteiger partial charge in [0.2, 0.25) is 0 Å². The SMILES string of the molecule is NS(=O)(=O)OCc1ccccc1C1CC1. The molecule has 1 saturated carbocycles. The summed E-state index contributed by atoms with van der Waals surface area (Å²) in [7, 11) is -3.84. The average Bonchev–Trinajstić information content (AvgIpc) is 2.97. The predicted octanol–water partition coefficient (Wildman–Crippen LogP) is 1.28. The fourth-order valence-corrected chi connectivity index (χ4v) is 1.90. The van der Waals surface area contributed by atoms with Crippen LogP contribution >= 0.6 is 0 Å². The maximum atomic E-state index is 10.7. The zero-order valence-corrected chi connectivity index (χ0v) is 9.03. The van der Waals surface area contributed by atoms with Crippen LogP contribution in [0, 0.1) is 0 Å². The molecule has 0 heterocycles. The molecule has 1 aromatic rings. The second-order valence-corrected chi connectivity index (χ2v) is 4.95. The molecular weight excluding hydrogens is 214 g/mol. The van der Waals surface area contributed by atoms with Crippen molar-refractivity contribution >= 4 is 10.3 Å². The maximum Gasteiger partial charge on any atom is 0.333 e. The zero-order chi connectivity index (χ0) is 10.9. The van der Waals surface area contributed by atoms with Gasteiger partial charge in [0.15, 0.2) is 0 Å². The van der Waals surface area contributed by atoms with Crippen molar-refractivity contribution in [3.05, 3.63) is 35.4 Å². The molecule has 15 heavy (non-hydrogen) atoms. The van der Waals surface area contributed by atoms with E-state index in [4.69, 9.17) is 5.14 Å². The molecule has 4 nitrogen and oxygen atoms in total. The van der Waals surface area contributed by atoms with E-state index in [-0.39, 0.29) is 6.61 Å². The molecule has 82 valence electrons. The Morgan fingerprint density at radius 2 is 2.00 bits per heavy atom. The third-order valence-corrected chi connectivity index (χ3v) is 2.90. The summed E-state index contributed by atoms with van der Waals surface area (Å²) in [6.45, 7) is 0.0332. The van der Waals surface area contributed by atoms with Gasteiger partial charge in [-0.25, -0.2) is 5.14 Å². The minimum Gasteiger partial charge on any atom is -0.253 e. The summed E-state index contributed by atoms with van der Waals surface area (Å²) in [4.78, 5) is 0. The second kappa shape index (κ2) is 3.92. The Balaban J connectivity index is 2.13. The van der Waals surface area contributed by atoms with Gasteiger partial charge < -0.3 is 0 Å². The highest BCUT2D eigenvalue weighted by molar-refractivity contribution is 7.84. The molecule has 2 rings (SSSR count). The summed E-state index contributed by atoms with van der Waals surface area (Å²) in [5, 5.41) is 4.78. The van der Waals surface area contributed by atoms with E-state index in [1.807, 2.05) is 24.3 Å². The summed E-state index contributed by atoms with van der Waals surface area (Å²) in [6, 6.07) is 7.71. The molecule has 0 saturated heterocycles. The molecule has 0 aliphatic heterocycles. The zero-order valence-electron chi connectivity index (χ0n) is 8.22. The standard InChI is InChI=1S/C10H13NO3S/c11-15(12,13)14-7-9-3-1-2-4-10(9)8-5-6-8/h1-4,8H,5-7H2,(H2,11,12,13). The smallest absolute Gasteiger partial charge is 0.253 e. The molecule has 0 spiro atoms. The Hall–Kier alpha value is -0.910. The van der Waals surface area contributed by atoms with Crippen LogP contribution in [0.2, 0.25) is 0 Å². The topological polar surface area (TPSA) is 69.4 Å². The quantitative estimate of drug-likeness (QED) is 0.842. The maximum absolute atomic E-state index is 10.7. The van der Waals surface area contributed by atoms with Crippen LogP contribution in [-0.2, 0) is 21.1 Å². The van der Waals surface area contributed by atoms with Crippen LogP contribution in [0.3, 0.4) is 0 Å². The van der Waals surface area contributed by atoms with Gasteiger partial charge in [0.05, 0.1) is 6.61 Å². The Morgan fingerprint density at radius 3 is 2.60 bits per heavy atom. The van der Waals surface area contributed by atoms with E-state index >= 15 is 0 Å². The molecule has 1 aromatic carbocycles. The number of hydrogen-bond donors (Lipinski definition) is 1. The molecule has 1 aliphatic rings. The Labute approximate surface area is 89.3 Å². The Kier molecular flexibility index (Phi) is 2.77. The first-order valence-electron chi connectivity index (χ1n) is 4.81. The first-order valence-corrected chi connectivity index (χ1v) is 6.28. The van der Waals surface area contributed by atoms with Crippen molar-refractivity contribution < 1.29 is 12.6 Å². The van der Waals surface area contributed by atoms with E-state index < -0.39 is 10.3 Å². The minimum absolute atomic E-state index is 0.0332. The van der Waals surface area contributed by atoms with Crippen molar-refractivity contribution in [2.45, 2.75) is 25.4 Å². The lowest BCUT2D eigenvalue weighted by molar-refractivity contribution is 0.307. The van der Waals surface area contributed by atoms with Crippen molar-refractivity contribution in [2.75, 3.05) is 0 Å². The van der Waals surface area contributed by atoms with Crippen LogP contribution in [-0.4, -0.2) is 8.42 Å². The Bertz CT molecular complexity index is 451. The van der Waals surface area contributed by atoms with Gasteiger partial charge in [-0.15, -0.1) is 0 Å². The van der Waals surface area contributed by atoms with E-state index in [1.165, 1.54) is 18.4 Å². The van der Waals surface area contributed by atoms with Crippen LogP contribution in [0.15, 0.2) is 24.3 Å². The van der Waals surface area contributed by atoms with E-state index in [1.54, 1.807) is 0 Å². The molecular formula is C10H13NO3S. The molecule has 5 heteroatoms. The van der Waals surface area contributed by atoms with Gasteiger partial charge in [0, 0.05) is 0 Å². The fourth-order valence-electron chi connectivity index (χ4n) is 1.60. The fraction of sp³-hybridized carbons (Fsp3) is 0.400. The Morgan fingerprint density at radius 1 is 1.33 bits per heavy atom. The summed E-state index contributed by atoms with van der Waals surface area (Å²) < 4.78 is 25.9. The summed E-state index contributed by atoms with van der Waals surface area (Å²) in [5.74, 6) is 0.574. The largest absolute Gasteiger partial charge is 0.333 e. The molecule has 1 aliphatic carbocycles. The molecule has 0 radical (unpaired) electrons. The van der Waals surface area contributed by atoms with Crippen molar-refractivity contribution in [1.29, 1.82) is 0 Å². The van der Waals surface area contributed by atoms with E-state index in [0.717, 1.165) is 5.56 Å². The van der Waals surface area contributed by atoms with Crippen LogP contribution in [0.1, 0.15) is 29.9 Å². The first-order chi connectivity index (χ1) is 7.06. The molecule has 2 N–H and O–H groups in total. The van der Waals surface area contributed by atoms with Crippen LogP contribution < -0.4 is 5.14 Å². The van der Waals surface area contributed by atoms with Crippen molar-refractivity contribution in [2.24, 2.45) is 5.14 Å². The predicted molar refractivity (Wildman–Crippen MR) is 56.3 cm³/mol. The lowest BCUT2D eigenvalue weighted by Gasteiger charge is -2.07. The van der Waals surface area contributed by atoms with Gasteiger partial charge in [-0.2, -0.15) is 8.42 Å².